The van der Waals surface area contributed by atoms with Crippen LogP contribution in [0.3, 0.4) is 0 Å². The Morgan fingerprint density at radius 2 is 1.50 bits per heavy atom. The van der Waals surface area contributed by atoms with E-state index in [2.05, 4.69) is 0 Å². The standard InChI is InChI=1S/C12H17O5P/c13-6-8-9(14)10(15)11(16)12(17)18(8)7-4-2-1-3-5-7/h1-5,8-17H,6H2/t8-,9+,10+,11-,12?,18?/m1/s1. The Morgan fingerprint density at radius 1 is 0.889 bits per heavy atom. The van der Waals surface area contributed by atoms with Gasteiger partial charge in [-0.25, -0.2) is 0 Å². The van der Waals surface area contributed by atoms with Crippen molar-refractivity contribution in [2.45, 2.75) is 29.8 Å². The highest BCUT2D eigenvalue weighted by Crippen LogP contribution is 2.51. The Bertz CT molecular complexity index is 387. The molecule has 0 amide bonds. The van der Waals surface area contributed by atoms with Gasteiger partial charge in [0, 0.05) is 5.66 Å². The SMILES string of the molecule is OC[C@@H]1[C@H](O)[C@H](O)[C@@H](O)C(O)P1c1ccccc1. The minimum absolute atomic E-state index is 0.345. The molecule has 5 nitrogen and oxygen atoms in total. The molecule has 0 aromatic heterocycles. The molecule has 1 fully saturated rings. The number of benzene rings is 1. The van der Waals surface area contributed by atoms with Gasteiger partial charge in [0.25, 0.3) is 0 Å². The van der Waals surface area contributed by atoms with Crippen molar-refractivity contribution >= 4 is 13.2 Å². The molecule has 0 spiro atoms. The molecule has 1 aromatic rings. The van der Waals surface area contributed by atoms with E-state index < -0.39 is 37.7 Å². The van der Waals surface area contributed by atoms with Crippen molar-refractivity contribution in [2.75, 3.05) is 6.61 Å². The highest BCUT2D eigenvalue weighted by Gasteiger charge is 2.48. The summed E-state index contributed by atoms with van der Waals surface area (Å²) < 4.78 is 0. The van der Waals surface area contributed by atoms with Gasteiger partial charge in [0.05, 0.1) is 12.7 Å². The summed E-state index contributed by atoms with van der Waals surface area (Å²) >= 11 is 0. The third-order valence-corrected chi connectivity index (χ3v) is 6.24. The maximum absolute atomic E-state index is 10.1. The second-order valence-electron chi connectivity index (χ2n) is 4.38. The summed E-state index contributed by atoms with van der Waals surface area (Å²) in [6.45, 7) is -0.345. The van der Waals surface area contributed by atoms with Crippen molar-refractivity contribution in [3.8, 4) is 0 Å². The molecule has 0 saturated carbocycles. The number of hydrogen-bond acceptors (Lipinski definition) is 5. The Balaban J connectivity index is 2.36. The number of aliphatic hydroxyl groups excluding tert-OH is 5. The van der Waals surface area contributed by atoms with Crippen LogP contribution in [-0.4, -0.2) is 62.0 Å². The first-order valence-electron chi connectivity index (χ1n) is 5.74. The van der Waals surface area contributed by atoms with Crippen LogP contribution in [0.4, 0.5) is 0 Å². The van der Waals surface area contributed by atoms with Crippen molar-refractivity contribution in [1.29, 1.82) is 0 Å². The van der Waals surface area contributed by atoms with Gasteiger partial charge < -0.3 is 25.5 Å². The average molecular weight is 272 g/mol. The van der Waals surface area contributed by atoms with E-state index in [0.717, 1.165) is 5.30 Å². The van der Waals surface area contributed by atoms with E-state index in [9.17, 15) is 25.5 Å². The first-order valence-corrected chi connectivity index (χ1v) is 7.22. The predicted octanol–water partition coefficient (Wildman–Crippen LogP) is -1.43. The van der Waals surface area contributed by atoms with E-state index in [4.69, 9.17) is 0 Å². The molecule has 0 radical (unpaired) electrons. The summed E-state index contributed by atoms with van der Waals surface area (Å²) in [4.78, 5) is 0. The number of rotatable bonds is 2. The van der Waals surface area contributed by atoms with Crippen molar-refractivity contribution in [1.82, 2.24) is 0 Å². The quantitative estimate of drug-likeness (QED) is 0.425. The molecule has 2 unspecified atom stereocenters. The molecular formula is C12H17O5P. The van der Waals surface area contributed by atoms with Crippen LogP contribution in [-0.2, 0) is 0 Å². The molecule has 1 aliphatic rings. The predicted molar refractivity (Wildman–Crippen MR) is 67.9 cm³/mol. The van der Waals surface area contributed by atoms with E-state index in [0.29, 0.717) is 0 Å². The molecule has 18 heavy (non-hydrogen) atoms. The third kappa shape index (κ3) is 2.30. The summed E-state index contributed by atoms with van der Waals surface area (Å²) in [5, 5.41) is 49.5. The highest BCUT2D eigenvalue weighted by atomic mass is 31.1. The Hall–Kier alpha value is -0.550. The monoisotopic (exact) mass is 272 g/mol. The summed E-state index contributed by atoms with van der Waals surface area (Å²) in [6, 6.07) is 8.99. The van der Waals surface area contributed by atoms with Gasteiger partial charge in [-0.15, -0.1) is 0 Å². The zero-order chi connectivity index (χ0) is 13.3. The highest BCUT2D eigenvalue weighted by molar-refractivity contribution is 7.67. The van der Waals surface area contributed by atoms with Crippen LogP contribution in [0.5, 0.6) is 0 Å². The molecule has 0 bridgehead atoms. The fourth-order valence-electron chi connectivity index (χ4n) is 2.27. The van der Waals surface area contributed by atoms with Gasteiger partial charge >= 0.3 is 0 Å². The second-order valence-corrected chi connectivity index (χ2v) is 6.90. The van der Waals surface area contributed by atoms with Gasteiger partial charge in [0.1, 0.15) is 18.1 Å². The lowest BCUT2D eigenvalue weighted by Gasteiger charge is -2.44. The van der Waals surface area contributed by atoms with Crippen molar-refractivity contribution in [3.63, 3.8) is 0 Å². The summed E-state index contributed by atoms with van der Waals surface area (Å²) in [7, 11) is -1.35. The van der Waals surface area contributed by atoms with Crippen LogP contribution in [0, 0.1) is 0 Å². The van der Waals surface area contributed by atoms with Crippen LogP contribution in [0.25, 0.3) is 0 Å². The lowest BCUT2D eigenvalue weighted by atomic mass is 10.0. The van der Waals surface area contributed by atoms with Crippen molar-refractivity contribution < 1.29 is 25.5 Å². The Labute approximate surface area is 106 Å². The molecule has 2 rings (SSSR count). The molecule has 0 aliphatic carbocycles. The molecule has 1 aromatic carbocycles. The average Bonchev–Trinajstić information content (AvgIpc) is 2.41. The third-order valence-electron chi connectivity index (χ3n) is 3.28. The van der Waals surface area contributed by atoms with Crippen LogP contribution in [0.2, 0.25) is 0 Å². The minimum Gasteiger partial charge on any atom is -0.396 e. The van der Waals surface area contributed by atoms with Gasteiger partial charge in [-0.3, -0.25) is 0 Å². The molecular weight excluding hydrogens is 255 g/mol. The molecule has 6 atom stereocenters. The Kier molecular flexibility index (Phi) is 4.33. The van der Waals surface area contributed by atoms with Crippen LogP contribution < -0.4 is 5.30 Å². The molecule has 1 saturated heterocycles. The van der Waals surface area contributed by atoms with E-state index in [1.54, 1.807) is 24.3 Å². The molecule has 1 heterocycles. The van der Waals surface area contributed by atoms with Crippen LogP contribution in [0.1, 0.15) is 0 Å². The van der Waals surface area contributed by atoms with Crippen molar-refractivity contribution in [2.24, 2.45) is 0 Å². The fraction of sp³-hybridized carbons (Fsp3) is 0.500. The summed E-state index contributed by atoms with van der Waals surface area (Å²) in [5.41, 5.74) is -0.643. The van der Waals surface area contributed by atoms with Gasteiger partial charge in [-0.05, 0) is 13.2 Å². The smallest absolute Gasteiger partial charge is 0.113 e. The van der Waals surface area contributed by atoms with Crippen LogP contribution >= 0.6 is 7.92 Å². The van der Waals surface area contributed by atoms with Gasteiger partial charge in [0.2, 0.25) is 0 Å². The van der Waals surface area contributed by atoms with E-state index in [1.165, 1.54) is 0 Å². The van der Waals surface area contributed by atoms with Crippen LogP contribution in [0.15, 0.2) is 30.3 Å². The Morgan fingerprint density at radius 3 is 2.06 bits per heavy atom. The zero-order valence-electron chi connectivity index (χ0n) is 9.66. The topological polar surface area (TPSA) is 101 Å². The number of hydrogen-bond donors (Lipinski definition) is 5. The van der Waals surface area contributed by atoms with E-state index in [-0.39, 0.29) is 6.61 Å². The minimum atomic E-state index is -1.43. The summed E-state index contributed by atoms with van der Waals surface area (Å²) in [6.07, 6.45) is -4.06. The first-order chi connectivity index (χ1) is 8.57. The van der Waals surface area contributed by atoms with Crippen molar-refractivity contribution in [3.05, 3.63) is 30.3 Å². The lowest BCUT2D eigenvalue weighted by Crippen LogP contribution is -2.56. The largest absolute Gasteiger partial charge is 0.396 e. The van der Waals surface area contributed by atoms with Gasteiger partial charge in [-0.2, -0.15) is 0 Å². The lowest BCUT2D eigenvalue weighted by molar-refractivity contribution is -0.0982. The summed E-state index contributed by atoms with van der Waals surface area (Å²) in [5.74, 6) is -1.15. The molecule has 6 heteroatoms. The van der Waals surface area contributed by atoms with E-state index >= 15 is 0 Å². The molecule has 1 aliphatic heterocycles. The number of aliphatic hydroxyl groups is 5. The fourth-order valence-corrected chi connectivity index (χ4v) is 5.06. The van der Waals surface area contributed by atoms with Gasteiger partial charge in [0.15, 0.2) is 0 Å². The van der Waals surface area contributed by atoms with Gasteiger partial charge in [-0.1, -0.05) is 30.3 Å². The second kappa shape index (κ2) is 5.61. The first kappa shape index (κ1) is 13.9. The molecule has 100 valence electrons. The maximum atomic E-state index is 10.1. The normalized spacial score (nSPS) is 40.7. The van der Waals surface area contributed by atoms with E-state index in [1.807, 2.05) is 6.07 Å². The maximum Gasteiger partial charge on any atom is 0.113 e. The zero-order valence-corrected chi connectivity index (χ0v) is 10.6. The molecule has 5 N–H and O–H groups in total.